The second kappa shape index (κ2) is 7.56. The fourth-order valence-electron chi connectivity index (χ4n) is 3.20. The molecule has 1 aromatic heterocycles. The topological polar surface area (TPSA) is 66.9 Å². The highest BCUT2D eigenvalue weighted by Crippen LogP contribution is 2.37. The molecule has 1 aliphatic rings. The van der Waals surface area contributed by atoms with Gasteiger partial charge in [0, 0.05) is 29.3 Å². The first-order valence-corrected chi connectivity index (χ1v) is 9.61. The van der Waals surface area contributed by atoms with Crippen LogP contribution in [0.5, 0.6) is 5.88 Å². The second-order valence-corrected chi connectivity index (χ2v) is 7.23. The Morgan fingerprint density at radius 1 is 1.14 bits per heavy atom. The number of hydrogen-bond donors (Lipinski definition) is 1. The molecule has 8 heteroatoms. The third-order valence-corrected chi connectivity index (χ3v) is 5.47. The molecule has 146 valence electrons. The Balaban J connectivity index is 2.01. The zero-order valence-electron chi connectivity index (χ0n) is 15.3. The molecule has 0 atom stereocenters. The standard InChI is InChI=1S/C21H15F2N3O2S/c1-2-26-20(27)19(29-21(26)28)17(12-6-4-3-5-7-12)16-11-24-25-18(16)13-8-14(22)10-15(23)9-13/h3-11,27H,2H2,1H3. The number of aromatic nitrogens is 1. The van der Waals surface area contributed by atoms with E-state index in [1.54, 1.807) is 6.92 Å². The quantitative estimate of drug-likeness (QED) is 0.699. The second-order valence-electron chi connectivity index (χ2n) is 6.27. The first kappa shape index (κ1) is 18.9. The normalized spacial score (nSPS) is 14.9. The lowest BCUT2D eigenvalue weighted by molar-refractivity contribution is 0.417. The average Bonchev–Trinajstić information content (AvgIpc) is 3.27. The van der Waals surface area contributed by atoms with E-state index in [-0.39, 0.29) is 22.0 Å². The van der Waals surface area contributed by atoms with E-state index in [9.17, 15) is 18.7 Å². The molecule has 0 saturated carbocycles. The van der Waals surface area contributed by atoms with Gasteiger partial charge in [-0.25, -0.2) is 8.78 Å². The number of allylic oxidation sites excluding steroid dienone is 1. The summed E-state index contributed by atoms with van der Waals surface area (Å²) >= 11 is 0.894. The summed E-state index contributed by atoms with van der Waals surface area (Å²) in [6, 6.07) is 12.2. The van der Waals surface area contributed by atoms with Crippen molar-refractivity contribution in [1.82, 2.24) is 4.57 Å². The van der Waals surface area contributed by atoms with Gasteiger partial charge in [0.2, 0.25) is 5.88 Å². The lowest BCUT2D eigenvalue weighted by Crippen LogP contribution is -2.10. The van der Waals surface area contributed by atoms with Gasteiger partial charge in [-0.15, -0.1) is 5.10 Å². The predicted octanol–water partition coefficient (Wildman–Crippen LogP) is 4.20. The third-order valence-electron chi connectivity index (χ3n) is 4.48. The maximum Gasteiger partial charge on any atom is 0.310 e. The maximum absolute atomic E-state index is 13.8. The van der Waals surface area contributed by atoms with Crippen molar-refractivity contribution in [2.75, 3.05) is 0 Å². The number of aromatic hydroxyl groups is 1. The monoisotopic (exact) mass is 411 g/mol. The Morgan fingerprint density at radius 3 is 2.45 bits per heavy atom. The van der Waals surface area contributed by atoms with Crippen LogP contribution in [0.1, 0.15) is 22.9 Å². The Labute approximate surface area is 168 Å². The van der Waals surface area contributed by atoms with Crippen molar-refractivity contribution in [3.63, 3.8) is 0 Å². The fraction of sp³-hybridized carbons (Fsp3) is 0.0952. The lowest BCUT2D eigenvalue weighted by Gasteiger charge is -2.12. The van der Waals surface area contributed by atoms with E-state index >= 15 is 0 Å². The van der Waals surface area contributed by atoms with Crippen LogP contribution in [0.3, 0.4) is 0 Å². The minimum absolute atomic E-state index is 0.168. The van der Waals surface area contributed by atoms with Crippen molar-refractivity contribution in [1.29, 1.82) is 0 Å². The number of hydrogen-bond acceptors (Lipinski definition) is 5. The smallest absolute Gasteiger partial charge is 0.310 e. The van der Waals surface area contributed by atoms with Crippen molar-refractivity contribution in [3.8, 4) is 5.88 Å². The summed E-state index contributed by atoms with van der Waals surface area (Å²) in [6.07, 6.45) is 1.46. The average molecular weight is 411 g/mol. The molecule has 0 unspecified atom stereocenters. The van der Waals surface area contributed by atoms with Crippen LogP contribution in [0.25, 0.3) is 5.57 Å². The molecule has 0 fully saturated rings. The Kier molecular flexibility index (Phi) is 4.94. The van der Waals surface area contributed by atoms with Crippen LogP contribution in [0.15, 0.2) is 69.1 Å². The highest BCUT2D eigenvalue weighted by atomic mass is 32.1. The SMILES string of the molecule is CCn1c(O)c(C(=C2C=NN=C2c2cc(F)cc(F)c2)c2ccccc2)sc1=O. The van der Waals surface area contributed by atoms with Crippen LogP contribution >= 0.6 is 11.3 Å². The van der Waals surface area contributed by atoms with Crippen LogP contribution in [-0.4, -0.2) is 21.6 Å². The maximum atomic E-state index is 13.8. The van der Waals surface area contributed by atoms with Gasteiger partial charge < -0.3 is 5.11 Å². The minimum atomic E-state index is -0.736. The summed E-state index contributed by atoms with van der Waals surface area (Å²) in [6.45, 7) is 2.06. The van der Waals surface area contributed by atoms with Gasteiger partial charge in [-0.1, -0.05) is 41.7 Å². The summed E-state index contributed by atoms with van der Waals surface area (Å²) in [4.78, 5) is 12.4. The van der Waals surface area contributed by atoms with Gasteiger partial charge in [0.1, 0.15) is 22.2 Å². The largest absolute Gasteiger partial charge is 0.493 e. The molecule has 29 heavy (non-hydrogen) atoms. The minimum Gasteiger partial charge on any atom is -0.493 e. The number of thiazole rings is 1. The van der Waals surface area contributed by atoms with Crippen molar-refractivity contribution < 1.29 is 13.9 Å². The summed E-state index contributed by atoms with van der Waals surface area (Å²) < 4.78 is 28.8. The summed E-state index contributed by atoms with van der Waals surface area (Å²) in [5.74, 6) is -1.64. The molecule has 1 aliphatic heterocycles. The van der Waals surface area contributed by atoms with Gasteiger partial charge in [-0.2, -0.15) is 5.10 Å². The predicted molar refractivity (Wildman–Crippen MR) is 110 cm³/mol. The van der Waals surface area contributed by atoms with Gasteiger partial charge in [-0.05, 0) is 24.6 Å². The van der Waals surface area contributed by atoms with Gasteiger partial charge in [0.05, 0.1) is 6.21 Å². The van der Waals surface area contributed by atoms with E-state index in [0.717, 1.165) is 17.4 Å². The molecule has 2 heterocycles. The zero-order chi connectivity index (χ0) is 20.5. The van der Waals surface area contributed by atoms with E-state index < -0.39 is 11.6 Å². The van der Waals surface area contributed by atoms with E-state index in [1.165, 1.54) is 22.9 Å². The van der Waals surface area contributed by atoms with Crippen molar-refractivity contribution in [2.24, 2.45) is 10.2 Å². The van der Waals surface area contributed by atoms with Gasteiger partial charge in [0.25, 0.3) is 0 Å². The molecule has 3 aromatic rings. The molecule has 4 rings (SSSR count). The highest BCUT2D eigenvalue weighted by Gasteiger charge is 2.26. The molecule has 0 spiro atoms. The molecule has 0 saturated heterocycles. The van der Waals surface area contributed by atoms with Gasteiger partial charge in [0.15, 0.2) is 0 Å². The van der Waals surface area contributed by atoms with Crippen molar-refractivity contribution >= 4 is 28.8 Å². The first-order chi connectivity index (χ1) is 14.0. The highest BCUT2D eigenvalue weighted by molar-refractivity contribution is 7.11. The van der Waals surface area contributed by atoms with E-state index in [2.05, 4.69) is 10.2 Å². The molecule has 0 radical (unpaired) electrons. The molecule has 0 amide bonds. The third kappa shape index (κ3) is 3.42. The first-order valence-electron chi connectivity index (χ1n) is 8.80. The fourth-order valence-corrected chi connectivity index (χ4v) is 4.23. The van der Waals surface area contributed by atoms with Gasteiger partial charge in [-0.3, -0.25) is 9.36 Å². The van der Waals surface area contributed by atoms with Crippen molar-refractivity contribution in [2.45, 2.75) is 13.5 Å². The molecular weight excluding hydrogens is 396 g/mol. The number of nitrogens with zero attached hydrogens (tertiary/aromatic N) is 3. The summed E-state index contributed by atoms with van der Waals surface area (Å²) in [7, 11) is 0. The van der Waals surface area contributed by atoms with E-state index in [0.29, 0.717) is 28.1 Å². The summed E-state index contributed by atoms with van der Waals surface area (Å²) in [5.41, 5.74) is 2.15. The number of rotatable bonds is 4. The lowest BCUT2D eigenvalue weighted by atomic mass is 9.93. The van der Waals surface area contributed by atoms with Crippen LogP contribution in [0, 0.1) is 11.6 Å². The van der Waals surface area contributed by atoms with Crippen LogP contribution in [0.2, 0.25) is 0 Å². The van der Waals surface area contributed by atoms with E-state index in [1.807, 2.05) is 30.3 Å². The molecule has 1 N–H and O–H groups in total. The van der Waals surface area contributed by atoms with Crippen LogP contribution in [0.4, 0.5) is 8.78 Å². The number of benzene rings is 2. The molecule has 0 bridgehead atoms. The zero-order valence-corrected chi connectivity index (χ0v) is 16.1. The van der Waals surface area contributed by atoms with Crippen LogP contribution < -0.4 is 4.87 Å². The summed E-state index contributed by atoms with van der Waals surface area (Å²) in [5, 5.41) is 18.7. The molecular formula is C21H15F2N3O2S. The molecule has 5 nitrogen and oxygen atoms in total. The molecule has 2 aromatic carbocycles. The van der Waals surface area contributed by atoms with Gasteiger partial charge >= 0.3 is 4.87 Å². The van der Waals surface area contributed by atoms with Crippen LogP contribution in [-0.2, 0) is 6.54 Å². The molecule has 0 aliphatic carbocycles. The van der Waals surface area contributed by atoms with E-state index in [4.69, 9.17) is 0 Å². The number of halogens is 2. The Morgan fingerprint density at radius 2 is 1.83 bits per heavy atom. The van der Waals surface area contributed by atoms with Crippen molar-refractivity contribution in [3.05, 3.63) is 91.4 Å². The Bertz CT molecular complexity index is 1220. The Hall–Kier alpha value is -3.39.